The lowest BCUT2D eigenvalue weighted by atomic mass is 9.73. The quantitative estimate of drug-likeness (QED) is 0.811. The molecule has 3 rings (SSSR count). The number of nitrogens with one attached hydrogen (secondary N) is 1. The van der Waals surface area contributed by atoms with Gasteiger partial charge in [0.25, 0.3) is 0 Å². The van der Waals surface area contributed by atoms with E-state index in [1.165, 1.54) is 30.8 Å². The van der Waals surface area contributed by atoms with Crippen molar-refractivity contribution in [1.82, 2.24) is 14.9 Å². The molecule has 86 valence electrons. The number of carbonyl (C=O) groups excluding carboxylic acids is 1. The van der Waals surface area contributed by atoms with Gasteiger partial charge in [0, 0.05) is 23.3 Å². The lowest BCUT2D eigenvalue weighted by Crippen LogP contribution is -2.46. The molecule has 2 aliphatic rings. The van der Waals surface area contributed by atoms with Gasteiger partial charge in [-0.25, -0.2) is 0 Å². The smallest absolute Gasteiger partial charge is 0.221 e. The summed E-state index contributed by atoms with van der Waals surface area (Å²) in [4.78, 5) is 11.7. The third-order valence-corrected chi connectivity index (χ3v) is 4.45. The molecule has 1 aromatic heterocycles. The minimum Gasteiger partial charge on any atom is -0.350 e. The van der Waals surface area contributed by atoms with Gasteiger partial charge in [-0.1, -0.05) is 23.8 Å². The zero-order valence-electron chi connectivity index (χ0n) is 9.11. The highest BCUT2D eigenvalue weighted by Crippen LogP contribution is 2.44. The summed E-state index contributed by atoms with van der Waals surface area (Å²) < 4.78 is 3.92. The summed E-state index contributed by atoms with van der Waals surface area (Å²) in [5, 5.41) is 9.35. The molecule has 1 aromatic rings. The molecule has 1 unspecified atom stereocenters. The standard InChI is InChI=1S/C11H15N3OS/c15-10-6-8(9-7-16-14-13-9)11(12-10)4-2-1-3-5-11/h7-8H,1-6H2,(H,12,15). The number of hydrogen-bond acceptors (Lipinski definition) is 4. The predicted molar refractivity (Wildman–Crippen MR) is 61.2 cm³/mol. The van der Waals surface area contributed by atoms with Crippen molar-refractivity contribution < 1.29 is 4.79 Å². The van der Waals surface area contributed by atoms with Crippen LogP contribution in [0.4, 0.5) is 0 Å². The van der Waals surface area contributed by atoms with Crippen LogP contribution < -0.4 is 5.32 Å². The van der Waals surface area contributed by atoms with Crippen molar-refractivity contribution in [3.05, 3.63) is 11.1 Å². The minimum atomic E-state index is -0.00884. The Morgan fingerprint density at radius 1 is 1.38 bits per heavy atom. The highest BCUT2D eigenvalue weighted by atomic mass is 32.1. The Balaban J connectivity index is 1.93. The topological polar surface area (TPSA) is 54.9 Å². The molecule has 0 bridgehead atoms. The largest absolute Gasteiger partial charge is 0.350 e. The normalized spacial score (nSPS) is 28.2. The molecule has 0 aromatic carbocycles. The van der Waals surface area contributed by atoms with Crippen LogP contribution in [0.2, 0.25) is 0 Å². The maximum atomic E-state index is 11.7. The number of hydrogen-bond donors (Lipinski definition) is 1. The van der Waals surface area contributed by atoms with Gasteiger partial charge >= 0.3 is 0 Å². The number of nitrogens with zero attached hydrogens (tertiary/aromatic N) is 2. The fraction of sp³-hybridized carbons (Fsp3) is 0.727. The molecule has 1 spiro atoms. The third-order valence-electron chi connectivity index (χ3n) is 3.92. The molecule has 16 heavy (non-hydrogen) atoms. The fourth-order valence-electron chi connectivity index (χ4n) is 3.16. The average molecular weight is 237 g/mol. The van der Waals surface area contributed by atoms with Gasteiger partial charge in [0.15, 0.2) is 0 Å². The molecular formula is C11H15N3OS. The van der Waals surface area contributed by atoms with Crippen LogP contribution in [0.25, 0.3) is 0 Å². The van der Waals surface area contributed by atoms with Crippen LogP contribution in [0, 0.1) is 0 Å². The van der Waals surface area contributed by atoms with Gasteiger partial charge in [0.2, 0.25) is 5.91 Å². The summed E-state index contributed by atoms with van der Waals surface area (Å²) in [7, 11) is 0. The maximum absolute atomic E-state index is 11.7. The third kappa shape index (κ3) is 1.54. The van der Waals surface area contributed by atoms with Gasteiger partial charge in [-0.3, -0.25) is 4.79 Å². The predicted octanol–water partition coefficient (Wildman–Crippen LogP) is 1.84. The monoisotopic (exact) mass is 237 g/mol. The first kappa shape index (κ1) is 10.2. The zero-order valence-corrected chi connectivity index (χ0v) is 9.92. The first-order valence-corrected chi connectivity index (χ1v) is 6.72. The molecule has 1 amide bonds. The molecule has 5 heteroatoms. The van der Waals surface area contributed by atoms with Gasteiger partial charge in [0.05, 0.1) is 5.69 Å². The second kappa shape index (κ2) is 3.80. The highest BCUT2D eigenvalue weighted by Gasteiger charge is 2.48. The van der Waals surface area contributed by atoms with Crippen molar-refractivity contribution in [1.29, 1.82) is 0 Å². The minimum absolute atomic E-state index is 0.00884. The summed E-state index contributed by atoms with van der Waals surface area (Å²) in [6.07, 6.45) is 6.51. The van der Waals surface area contributed by atoms with E-state index in [1.807, 2.05) is 5.38 Å². The van der Waals surface area contributed by atoms with E-state index >= 15 is 0 Å². The van der Waals surface area contributed by atoms with E-state index in [9.17, 15) is 4.79 Å². The van der Waals surface area contributed by atoms with Gasteiger partial charge in [-0.15, -0.1) is 5.10 Å². The SMILES string of the molecule is O=C1CC(c2csnn2)C2(CCCCC2)N1. The van der Waals surface area contributed by atoms with Crippen molar-refractivity contribution in [3.8, 4) is 0 Å². The van der Waals surface area contributed by atoms with Crippen LogP contribution in [0.5, 0.6) is 0 Å². The van der Waals surface area contributed by atoms with Gasteiger partial charge < -0.3 is 5.32 Å². The first-order chi connectivity index (χ1) is 7.80. The number of carbonyl (C=O) groups is 1. The van der Waals surface area contributed by atoms with Crippen LogP contribution in [-0.2, 0) is 4.79 Å². The fourth-order valence-corrected chi connectivity index (χ4v) is 3.67. The number of aromatic nitrogens is 2. The summed E-state index contributed by atoms with van der Waals surface area (Å²) in [5.74, 6) is 0.430. The average Bonchev–Trinajstić information content (AvgIpc) is 2.88. The van der Waals surface area contributed by atoms with Crippen molar-refractivity contribution in [2.75, 3.05) is 0 Å². The van der Waals surface area contributed by atoms with Crippen molar-refractivity contribution >= 4 is 17.4 Å². The second-order valence-corrected chi connectivity index (χ2v) is 5.46. The van der Waals surface area contributed by atoms with Gasteiger partial charge in [0.1, 0.15) is 0 Å². The Hall–Kier alpha value is -0.970. The summed E-state index contributed by atoms with van der Waals surface area (Å²) in [5.41, 5.74) is 0.996. The Labute approximate surface area is 98.6 Å². The van der Waals surface area contributed by atoms with Crippen molar-refractivity contribution in [3.63, 3.8) is 0 Å². The second-order valence-electron chi connectivity index (χ2n) is 4.85. The van der Waals surface area contributed by atoms with Crippen LogP contribution in [0.3, 0.4) is 0 Å². The Morgan fingerprint density at radius 2 is 2.19 bits per heavy atom. The number of amides is 1. The van der Waals surface area contributed by atoms with E-state index in [1.54, 1.807) is 0 Å². The summed E-state index contributed by atoms with van der Waals surface area (Å²) in [6.45, 7) is 0. The molecule has 1 saturated carbocycles. The summed E-state index contributed by atoms with van der Waals surface area (Å²) in [6, 6.07) is 0. The molecule has 1 atom stereocenters. The molecule has 0 radical (unpaired) electrons. The first-order valence-electron chi connectivity index (χ1n) is 5.88. The van der Waals surface area contributed by atoms with E-state index < -0.39 is 0 Å². The van der Waals surface area contributed by atoms with Crippen LogP contribution in [0.1, 0.15) is 50.1 Å². The molecular weight excluding hydrogens is 222 g/mol. The van der Waals surface area contributed by atoms with E-state index in [2.05, 4.69) is 14.9 Å². The molecule has 2 heterocycles. The molecule has 4 nitrogen and oxygen atoms in total. The van der Waals surface area contributed by atoms with E-state index in [0.29, 0.717) is 6.42 Å². The molecule has 1 N–H and O–H groups in total. The van der Waals surface area contributed by atoms with Crippen molar-refractivity contribution in [2.24, 2.45) is 0 Å². The van der Waals surface area contributed by atoms with Crippen molar-refractivity contribution in [2.45, 2.75) is 50.0 Å². The summed E-state index contributed by atoms with van der Waals surface area (Å²) >= 11 is 1.37. The maximum Gasteiger partial charge on any atom is 0.221 e. The molecule has 1 aliphatic heterocycles. The Bertz CT molecular complexity index is 384. The molecule has 2 fully saturated rings. The van der Waals surface area contributed by atoms with Crippen LogP contribution in [-0.4, -0.2) is 21.0 Å². The van der Waals surface area contributed by atoms with E-state index in [4.69, 9.17) is 0 Å². The van der Waals surface area contributed by atoms with Gasteiger partial charge in [-0.2, -0.15) is 0 Å². The van der Waals surface area contributed by atoms with Crippen LogP contribution >= 0.6 is 11.5 Å². The lowest BCUT2D eigenvalue weighted by molar-refractivity contribution is -0.120. The number of rotatable bonds is 1. The zero-order chi connectivity index (χ0) is 11.0. The van der Waals surface area contributed by atoms with E-state index in [0.717, 1.165) is 18.5 Å². The highest BCUT2D eigenvalue weighted by molar-refractivity contribution is 7.03. The Morgan fingerprint density at radius 3 is 2.88 bits per heavy atom. The van der Waals surface area contributed by atoms with E-state index in [-0.39, 0.29) is 17.4 Å². The molecule has 1 saturated heterocycles. The lowest BCUT2D eigenvalue weighted by Gasteiger charge is -2.37. The van der Waals surface area contributed by atoms with Crippen LogP contribution in [0.15, 0.2) is 5.38 Å². The molecule has 1 aliphatic carbocycles. The Kier molecular flexibility index (Phi) is 2.42. The van der Waals surface area contributed by atoms with Gasteiger partial charge in [-0.05, 0) is 24.4 Å².